The van der Waals surface area contributed by atoms with Gasteiger partial charge >= 0.3 is 18.9 Å². The zero-order valence-electron chi connectivity index (χ0n) is 9.51. The van der Waals surface area contributed by atoms with Crippen molar-refractivity contribution < 1.29 is 18.9 Å². The smallest absolute Gasteiger partial charge is 0.342 e. The van der Waals surface area contributed by atoms with E-state index >= 15 is 0 Å². The van der Waals surface area contributed by atoms with Crippen molar-refractivity contribution in [2.24, 2.45) is 0 Å². The van der Waals surface area contributed by atoms with E-state index in [0.717, 1.165) is 13.0 Å². The molecule has 0 bridgehead atoms. The van der Waals surface area contributed by atoms with Gasteiger partial charge in [-0.1, -0.05) is 24.3 Å². The summed E-state index contributed by atoms with van der Waals surface area (Å²) in [6.45, 7) is 9.14. The van der Waals surface area contributed by atoms with E-state index in [1.54, 1.807) is 0 Å². The molecule has 0 spiro atoms. The fraction of sp³-hybridized carbons (Fsp3) is 0.417. The molecule has 0 saturated heterocycles. The molecule has 0 aliphatic rings. The first-order chi connectivity index (χ1) is 6.25. The summed E-state index contributed by atoms with van der Waals surface area (Å²) in [7, 11) is 0. The molecule has 1 aromatic rings. The van der Waals surface area contributed by atoms with Crippen molar-refractivity contribution in [1.82, 2.24) is 5.32 Å². The van der Waals surface area contributed by atoms with Gasteiger partial charge in [0, 0.05) is 6.04 Å². The number of hydrogen-bond acceptors (Lipinski definition) is 1. The van der Waals surface area contributed by atoms with Crippen LogP contribution in [0.3, 0.4) is 0 Å². The molecule has 0 saturated carbocycles. The van der Waals surface area contributed by atoms with Gasteiger partial charge in [0.1, 0.15) is 0 Å². The Morgan fingerprint density at radius 2 is 2.00 bits per heavy atom. The Hall–Kier alpha value is -0.223. The van der Waals surface area contributed by atoms with Crippen LogP contribution in [-0.4, -0.2) is 6.54 Å². The van der Waals surface area contributed by atoms with Gasteiger partial charge in [-0.05, 0) is 31.5 Å². The van der Waals surface area contributed by atoms with Crippen LogP contribution in [0.5, 0.6) is 0 Å². The van der Waals surface area contributed by atoms with Crippen molar-refractivity contribution >= 4 is 0 Å². The summed E-state index contributed by atoms with van der Waals surface area (Å²) in [5.74, 6) is 0. The van der Waals surface area contributed by atoms with Crippen LogP contribution in [-0.2, 0) is 0 Å². The Morgan fingerprint density at radius 1 is 1.36 bits per heavy atom. The summed E-state index contributed by atoms with van der Waals surface area (Å²) >= 11 is 0. The van der Waals surface area contributed by atoms with E-state index in [1.807, 2.05) is 0 Å². The Balaban J connectivity index is 0.00000169. The van der Waals surface area contributed by atoms with Crippen molar-refractivity contribution in [3.05, 3.63) is 42.3 Å². The number of hydrogen-bond donors (Lipinski definition) is 1. The molecule has 1 rings (SSSR count). The molecule has 0 radical (unpaired) electrons. The molecular weight excluding hydrogens is 165 g/mol. The monoisotopic (exact) mass is 183 g/mol. The number of nitrogens with one attached hydrogen (secondary N) is 1. The molecule has 0 aliphatic carbocycles. The summed E-state index contributed by atoms with van der Waals surface area (Å²) in [4.78, 5) is 0. The van der Waals surface area contributed by atoms with Crippen molar-refractivity contribution in [1.29, 1.82) is 0 Å². The molecule has 0 heterocycles. The maximum atomic E-state index is 3.81. The molecule has 1 nitrogen and oxygen atoms in total. The summed E-state index contributed by atoms with van der Waals surface area (Å²) in [5.41, 5.74) is 2.74. The first-order valence-corrected chi connectivity index (χ1v) is 4.84. The third-order valence-electron chi connectivity index (χ3n) is 2.28. The standard InChI is InChI=1S/C12H18N.Li/c1-4-9-13-11(3)12-8-6-5-7-10(12)2;/h5-8,11,13H,1,4,9H2,2-3H3;/q-1;+1. The van der Waals surface area contributed by atoms with E-state index < -0.39 is 0 Å². The molecule has 14 heavy (non-hydrogen) atoms. The second-order valence-corrected chi connectivity index (χ2v) is 3.39. The minimum Gasteiger partial charge on any atom is -0.342 e. The minimum atomic E-state index is 0. The number of benzene rings is 1. The summed E-state index contributed by atoms with van der Waals surface area (Å²) in [5, 5.41) is 3.43. The molecule has 1 atom stereocenters. The van der Waals surface area contributed by atoms with Crippen molar-refractivity contribution in [3.8, 4) is 0 Å². The second kappa shape index (κ2) is 7.12. The van der Waals surface area contributed by atoms with Gasteiger partial charge in [-0.3, -0.25) is 0 Å². The van der Waals surface area contributed by atoms with Crippen LogP contribution in [0.15, 0.2) is 24.3 Å². The zero-order chi connectivity index (χ0) is 9.68. The Kier molecular flexibility index (Phi) is 7.01. The summed E-state index contributed by atoms with van der Waals surface area (Å²) in [6, 6.07) is 8.92. The van der Waals surface area contributed by atoms with Gasteiger partial charge in [0.25, 0.3) is 0 Å². The van der Waals surface area contributed by atoms with Crippen LogP contribution in [0.25, 0.3) is 0 Å². The van der Waals surface area contributed by atoms with Gasteiger partial charge < -0.3 is 12.2 Å². The number of aryl methyl sites for hydroxylation is 1. The van der Waals surface area contributed by atoms with E-state index in [9.17, 15) is 0 Å². The van der Waals surface area contributed by atoms with Gasteiger partial charge in [-0.25, -0.2) is 0 Å². The fourth-order valence-corrected chi connectivity index (χ4v) is 1.50. The molecule has 0 aliphatic heterocycles. The normalized spacial score (nSPS) is 11.9. The van der Waals surface area contributed by atoms with Crippen LogP contribution in [0, 0.1) is 13.8 Å². The maximum absolute atomic E-state index is 3.81. The van der Waals surface area contributed by atoms with E-state index in [2.05, 4.69) is 50.4 Å². The third kappa shape index (κ3) is 3.88. The van der Waals surface area contributed by atoms with Crippen LogP contribution in [0.2, 0.25) is 0 Å². The molecule has 72 valence electrons. The average molecular weight is 183 g/mol. The summed E-state index contributed by atoms with van der Waals surface area (Å²) in [6.07, 6.45) is 0.941. The second-order valence-electron chi connectivity index (χ2n) is 3.39. The third-order valence-corrected chi connectivity index (χ3v) is 2.28. The topological polar surface area (TPSA) is 12.0 Å². The Bertz CT molecular complexity index is 260. The first kappa shape index (κ1) is 13.8. The average Bonchev–Trinajstić information content (AvgIpc) is 2.15. The molecule has 1 aromatic carbocycles. The van der Waals surface area contributed by atoms with Gasteiger partial charge in [0.05, 0.1) is 0 Å². The van der Waals surface area contributed by atoms with E-state index in [0.29, 0.717) is 6.04 Å². The maximum Gasteiger partial charge on any atom is 1.00 e. The van der Waals surface area contributed by atoms with Gasteiger partial charge in [-0.2, -0.15) is 6.42 Å². The van der Waals surface area contributed by atoms with Gasteiger partial charge in [0.15, 0.2) is 0 Å². The molecule has 1 N–H and O–H groups in total. The Morgan fingerprint density at radius 3 is 2.57 bits per heavy atom. The number of rotatable bonds is 4. The van der Waals surface area contributed by atoms with Crippen LogP contribution < -0.4 is 24.2 Å². The van der Waals surface area contributed by atoms with E-state index in [4.69, 9.17) is 0 Å². The van der Waals surface area contributed by atoms with Crippen LogP contribution in [0.1, 0.15) is 30.5 Å². The molecule has 1 unspecified atom stereocenters. The molecule has 0 fully saturated rings. The largest absolute Gasteiger partial charge is 1.00 e. The van der Waals surface area contributed by atoms with Gasteiger partial charge in [-0.15, -0.1) is 0 Å². The predicted octanol–water partition coefficient (Wildman–Crippen LogP) is -0.126. The summed E-state index contributed by atoms with van der Waals surface area (Å²) < 4.78 is 0. The molecule has 2 heteroatoms. The Labute approximate surface area is 99.5 Å². The zero-order valence-corrected chi connectivity index (χ0v) is 9.51. The van der Waals surface area contributed by atoms with Crippen molar-refractivity contribution in [2.75, 3.05) is 6.54 Å². The molecule has 0 amide bonds. The van der Waals surface area contributed by atoms with Crippen molar-refractivity contribution in [3.63, 3.8) is 0 Å². The van der Waals surface area contributed by atoms with Crippen LogP contribution in [0.4, 0.5) is 0 Å². The van der Waals surface area contributed by atoms with E-state index in [1.165, 1.54) is 11.1 Å². The molecular formula is C12H18LiN. The minimum absolute atomic E-state index is 0. The quantitative estimate of drug-likeness (QED) is 0.506. The fourth-order valence-electron chi connectivity index (χ4n) is 1.50. The van der Waals surface area contributed by atoms with Crippen LogP contribution >= 0.6 is 0 Å². The van der Waals surface area contributed by atoms with E-state index in [-0.39, 0.29) is 18.9 Å². The van der Waals surface area contributed by atoms with Crippen molar-refractivity contribution in [2.45, 2.75) is 26.3 Å². The molecule has 0 aromatic heterocycles. The first-order valence-electron chi connectivity index (χ1n) is 4.84. The predicted molar refractivity (Wildman–Crippen MR) is 57.6 cm³/mol. The van der Waals surface area contributed by atoms with Gasteiger partial charge in [0.2, 0.25) is 0 Å². The SMILES string of the molecule is [CH2-]CCNC(C)c1ccccc1C.[Li+].